The molecule has 7 heteroatoms. The van der Waals surface area contributed by atoms with Crippen LogP contribution in [0.3, 0.4) is 0 Å². The van der Waals surface area contributed by atoms with Crippen molar-refractivity contribution in [2.75, 3.05) is 26.9 Å². The molecule has 0 saturated heterocycles. The van der Waals surface area contributed by atoms with Crippen molar-refractivity contribution in [1.82, 2.24) is 5.48 Å². The van der Waals surface area contributed by atoms with E-state index in [2.05, 4.69) is 10.3 Å². The lowest BCUT2D eigenvalue weighted by Gasteiger charge is -2.11. The molecule has 1 aromatic rings. The Morgan fingerprint density at radius 3 is 2.44 bits per heavy atom. The van der Waals surface area contributed by atoms with E-state index in [9.17, 15) is 13.2 Å². The lowest BCUT2D eigenvalue weighted by molar-refractivity contribution is -0.189. The smallest absolute Gasteiger partial charge is 0.413 e. The number of para-hydroxylation sites is 2. The number of hydrogen-bond donors (Lipinski definition) is 1. The molecule has 0 spiro atoms. The minimum atomic E-state index is -4.34. The third kappa shape index (κ3) is 5.74. The minimum absolute atomic E-state index is 0.133. The molecule has 102 valence electrons. The van der Waals surface area contributed by atoms with E-state index < -0.39 is 12.8 Å². The molecule has 0 aliphatic rings. The minimum Gasteiger partial charge on any atom is -0.493 e. The molecule has 4 nitrogen and oxygen atoms in total. The Morgan fingerprint density at radius 1 is 1.17 bits per heavy atom. The molecule has 0 unspecified atom stereocenters. The highest BCUT2D eigenvalue weighted by atomic mass is 19.4. The van der Waals surface area contributed by atoms with Crippen molar-refractivity contribution in [3.05, 3.63) is 24.3 Å². The van der Waals surface area contributed by atoms with Crippen molar-refractivity contribution in [1.29, 1.82) is 0 Å². The molecule has 0 aliphatic heterocycles. The summed E-state index contributed by atoms with van der Waals surface area (Å²) in [7, 11) is 1.51. The van der Waals surface area contributed by atoms with Gasteiger partial charge in [0.15, 0.2) is 18.1 Å². The molecule has 0 saturated carbocycles. The van der Waals surface area contributed by atoms with E-state index in [4.69, 9.17) is 9.47 Å². The Labute approximate surface area is 103 Å². The van der Waals surface area contributed by atoms with Gasteiger partial charge in [-0.25, -0.2) is 0 Å². The van der Waals surface area contributed by atoms with Gasteiger partial charge in [0.2, 0.25) is 0 Å². The number of hydroxylamine groups is 1. The van der Waals surface area contributed by atoms with E-state index in [1.54, 1.807) is 24.3 Å². The predicted molar refractivity (Wildman–Crippen MR) is 58.5 cm³/mol. The van der Waals surface area contributed by atoms with Gasteiger partial charge < -0.3 is 9.47 Å². The molecule has 0 bridgehead atoms. The Balaban J connectivity index is 2.18. The maximum atomic E-state index is 11.7. The number of benzene rings is 1. The summed E-state index contributed by atoms with van der Waals surface area (Å²) < 4.78 is 45.5. The molecule has 0 atom stereocenters. The van der Waals surface area contributed by atoms with Crippen molar-refractivity contribution in [3.8, 4) is 11.5 Å². The monoisotopic (exact) mass is 265 g/mol. The van der Waals surface area contributed by atoms with E-state index in [0.717, 1.165) is 0 Å². The van der Waals surface area contributed by atoms with Gasteiger partial charge in [0.1, 0.15) is 6.61 Å². The van der Waals surface area contributed by atoms with Crippen LogP contribution >= 0.6 is 0 Å². The van der Waals surface area contributed by atoms with Crippen LogP contribution in [0.2, 0.25) is 0 Å². The normalized spacial score (nSPS) is 11.3. The van der Waals surface area contributed by atoms with Crippen molar-refractivity contribution in [3.63, 3.8) is 0 Å². The first-order chi connectivity index (χ1) is 8.53. The standard InChI is InChI=1S/C11H14F3NO3/c1-16-9-4-2-3-5-10(9)17-7-6-15-18-8-11(12,13)14/h2-5,15H,6-8H2,1H3. The highest BCUT2D eigenvalue weighted by Gasteiger charge is 2.27. The average Bonchev–Trinajstić information content (AvgIpc) is 2.32. The second-order valence-electron chi connectivity index (χ2n) is 3.30. The molecule has 0 fully saturated rings. The second kappa shape index (κ2) is 7.07. The Morgan fingerprint density at radius 2 is 1.83 bits per heavy atom. The molecule has 1 N–H and O–H groups in total. The maximum absolute atomic E-state index is 11.7. The number of ether oxygens (including phenoxy) is 2. The molecule has 1 rings (SSSR count). The third-order valence-electron chi connectivity index (χ3n) is 1.87. The van der Waals surface area contributed by atoms with Crippen LogP contribution in [0.4, 0.5) is 13.2 Å². The molecule has 1 aromatic carbocycles. The largest absolute Gasteiger partial charge is 0.493 e. The van der Waals surface area contributed by atoms with Gasteiger partial charge in [-0.2, -0.15) is 18.7 Å². The van der Waals surface area contributed by atoms with Gasteiger partial charge in [-0.15, -0.1) is 0 Å². The van der Waals surface area contributed by atoms with Crippen LogP contribution in [-0.2, 0) is 4.84 Å². The highest BCUT2D eigenvalue weighted by molar-refractivity contribution is 5.39. The van der Waals surface area contributed by atoms with E-state index >= 15 is 0 Å². The summed E-state index contributed by atoms with van der Waals surface area (Å²) in [5.41, 5.74) is 2.16. The van der Waals surface area contributed by atoms with Crippen LogP contribution in [0.1, 0.15) is 0 Å². The Bertz CT molecular complexity index is 358. The molecule has 0 aliphatic carbocycles. The fourth-order valence-electron chi connectivity index (χ4n) is 1.15. The van der Waals surface area contributed by atoms with Crippen LogP contribution in [0, 0.1) is 0 Å². The zero-order chi connectivity index (χ0) is 13.4. The van der Waals surface area contributed by atoms with E-state index in [-0.39, 0.29) is 13.2 Å². The lowest BCUT2D eigenvalue weighted by Crippen LogP contribution is -2.27. The van der Waals surface area contributed by atoms with Crippen LogP contribution in [0.5, 0.6) is 11.5 Å². The van der Waals surface area contributed by atoms with Crippen molar-refractivity contribution < 1.29 is 27.5 Å². The van der Waals surface area contributed by atoms with Gasteiger partial charge in [-0.1, -0.05) is 12.1 Å². The van der Waals surface area contributed by atoms with E-state index in [0.29, 0.717) is 11.5 Å². The highest BCUT2D eigenvalue weighted by Crippen LogP contribution is 2.25. The molecule has 0 amide bonds. The summed E-state index contributed by atoms with van der Waals surface area (Å²) in [6.07, 6.45) is -4.34. The van der Waals surface area contributed by atoms with Gasteiger partial charge in [0, 0.05) is 0 Å². The van der Waals surface area contributed by atoms with Crippen molar-refractivity contribution in [2.24, 2.45) is 0 Å². The average molecular weight is 265 g/mol. The molecule has 0 heterocycles. The molecule has 0 aromatic heterocycles. The Kier molecular flexibility index (Phi) is 5.73. The fraction of sp³-hybridized carbons (Fsp3) is 0.455. The first kappa shape index (κ1) is 14.6. The first-order valence-electron chi connectivity index (χ1n) is 5.20. The Hall–Kier alpha value is -1.47. The summed E-state index contributed by atoms with van der Waals surface area (Å²) in [5.74, 6) is 1.09. The lowest BCUT2D eigenvalue weighted by atomic mass is 10.3. The first-order valence-corrected chi connectivity index (χ1v) is 5.20. The molecule has 18 heavy (non-hydrogen) atoms. The number of alkyl halides is 3. The van der Waals surface area contributed by atoms with Gasteiger partial charge in [0.05, 0.1) is 13.7 Å². The second-order valence-corrected chi connectivity index (χ2v) is 3.30. The van der Waals surface area contributed by atoms with E-state index in [1.807, 2.05) is 0 Å². The number of halogens is 3. The zero-order valence-corrected chi connectivity index (χ0v) is 9.79. The number of nitrogens with one attached hydrogen (secondary N) is 1. The van der Waals surface area contributed by atoms with Gasteiger partial charge in [-0.05, 0) is 12.1 Å². The van der Waals surface area contributed by atoms with Gasteiger partial charge in [-0.3, -0.25) is 4.84 Å². The van der Waals surface area contributed by atoms with Gasteiger partial charge in [0.25, 0.3) is 0 Å². The van der Waals surface area contributed by atoms with Crippen LogP contribution in [0.15, 0.2) is 24.3 Å². The van der Waals surface area contributed by atoms with E-state index in [1.165, 1.54) is 7.11 Å². The summed E-state index contributed by atoms with van der Waals surface area (Å²) >= 11 is 0. The summed E-state index contributed by atoms with van der Waals surface area (Å²) in [4.78, 5) is 4.21. The molecular formula is C11H14F3NO3. The molecular weight excluding hydrogens is 251 g/mol. The maximum Gasteiger partial charge on any atom is 0.413 e. The number of methoxy groups -OCH3 is 1. The quantitative estimate of drug-likeness (QED) is 0.606. The number of rotatable bonds is 7. The van der Waals surface area contributed by atoms with Gasteiger partial charge >= 0.3 is 6.18 Å². The predicted octanol–water partition coefficient (Wildman–Crippen LogP) is 2.16. The SMILES string of the molecule is COc1ccccc1OCCNOCC(F)(F)F. The molecule has 0 radical (unpaired) electrons. The number of hydrogen-bond acceptors (Lipinski definition) is 4. The summed E-state index contributed by atoms with van der Waals surface area (Å²) in [6.45, 7) is -1.03. The summed E-state index contributed by atoms with van der Waals surface area (Å²) in [6, 6.07) is 6.99. The third-order valence-corrected chi connectivity index (χ3v) is 1.87. The van der Waals surface area contributed by atoms with Crippen LogP contribution in [0.25, 0.3) is 0 Å². The van der Waals surface area contributed by atoms with Crippen LogP contribution in [-0.4, -0.2) is 33.0 Å². The summed E-state index contributed by atoms with van der Waals surface area (Å²) in [5, 5.41) is 0. The van der Waals surface area contributed by atoms with Crippen molar-refractivity contribution in [2.45, 2.75) is 6.18 Å². The zero-order valence-electron chi connectivity index (χ0n) is 9.79. The van der Waals surface area contributed by atoms with Crippen molar-refractivity contribution >= 4 is 0 Å². The topological polar surface area (TPSA) is 39.7 Å². The van der Waals surface area contributed by atoms with Crippen LogP contribution < -0.4 is 15.0 Å². The fourth-order valence-corrected chi connectivity index (χ4v) is 1.15.